The van der Waals surface area contributed by atoms with Gasteiger partial charge in [0.05, 0.1) is 16.9 Å². The van der Waals surface area contributed by atoms with Crippen molar-refractivity contribution in [2.24, 2.45) is 29.6 Å². The lowest BCUT2D eigenvalue weighted by Gasteiger charge is -2.43. The number of carbonyl (C=O) groups is 3. The van der Waals surface area contributed by atoms with Gasteiger partial charge in [0.15, 0.2) is 0 Å². The Kier molecular flexibility index (Phi) is 4.85. The van der Waals surface area contributed by atoms with Gasteiger partial charge in [0.2, 0.25) is 11.8 Å². The van der Waals surface area contributed by atoms with Gasteiger partial charge in [0, 0.05) is 29.0 Å². The van der Waals surface area contributed by atoms with Crippen LogP contribution in [0.5, 0.6) is 0 Å². The standard InChI is InChI=1S/C24H24N2O5S2/c1-10-4-6-11(7-5-10)15-16-12-9-13(19(16)32-21-20(15)33-24(31)25-21)18-17(12)22(29)26(23(18)30)8-2-3-14(27)28/h4-7,12-13,15-19H,2-3,8-9H2,1H3,(H,25,31)(H,27,28)/t12-,13+,15-,16-,17+,18+,19-/m1/s1. The number of fused-ring (bicyclic) bond motifs is 9. The highest BCUT2D eigenvalue weighted by Crippen LogP contribution is 2.68. The molecule has 2 amide bonds. The van der Waals surface area contributed by atoms with E-state index in [9.17, 15) is 19.2 Å². The molecule has 2 saturated carbocycles. The maximum atomic E-state index is 13.4. The van der Waals surface area contributed by atoms with E-state index in [1.807, 2.05) is 6.92 Å². The van der Waals surface area contributed by atoms with Crippen LogP contribution in [-0.2, 0) is 14.4 Å². The zero-order chi connectivity index (χ0) is 23.0. The molecule has 0 radical (unpaired) electrons. The molecule has 0 unspecified atom stereocenters. The van der Waals surface area contributed by atoms with Gasteiger partial charge in [-0.1, -0.05) is 41.2 Å². The zero-order valence-electron chi connectivity index (χ0n) is 18.0. The van der Waals surface area contributed by atoms with Crippen LogP contribution in [0.4, 0.5) is 0 Å². The van der Waals surface area contributed by atoms with Crippen molar-refractivity contribution in [3.05, 3.63) is 49.9 Å². The number of thiazole rings is 1. The fraction of sp³-hybridized carbons (Fsp3) is 0.500. The number of thioether (sulfide) groups is 1. The predicted molar refractivity (Wildman–Crippen MR) is 123 cm³/mol. The van der Waals surface area contributed by atoms with Crippen molar-refractivity contribution in [2.45, 2.75) is 42.4 Å². The molecular weight excluding hydrogens is 460 g/mol. The number of benzene rings is 1. The normalized spacial score (nSPS) is 33.8. The molecule has 3 fully saturated rings. The molecule has 1 saturated heterocycles. The third-order valence-electron chi connectivity index (χ3n) is 8.02. The number of likely N-dealkylation sites (tertiary alicyclic amines) is 1. The third kappa shape index (κ3) is 3.08. The van der Waals surface area contributed by atoms with Crippen molar-refractivity contribution >= 4 is 40.9 Å². The van der Waals surface area contributed by atoms with Gasteiger partial charge < -0.3 is 10.1 Å². The SMILES string of the molecule is Cc1ccc([C@H]2c3sc(=O)[nH]c3S[C@@H]3[C@H]4C[C@@H]([C@@H]5C(=O)N(CCCC(=O)O)C(=O)[C@@H]45)[C@H]23)cc1. The first-order valence-corrected chi connectivity index (χ1v) is 13.1. The summed E-state index contributed by atoms with van der Waals surface area (Å²) < 4.78 is 0. The molecule has 2 aromatic rings. The minimum Gasteiger partial charge on any atom is -0.481 e. The maximum Gasteiger partial charge on any atom is 0.305 e. The number of imide groups is 1. The van der Waals surface area contributed by atoms with Gasteiger partial charge in [-0.15, -0.1) is 11.8 Å². The summed E-state index contributed by atoms with van der Waals surface area (Å²) in [6, 6.07) is 8.44. The Hall–Kier alpha value is -2.39. The topological polar surface area (TPSA) is 108 Å². The smallest absolute Gasteiger partial charge is 0.305 e. The highest BCUT2D eigenvalue weighted by molar-refractivity contribution is 8.00. The second kappa shape index (κ2) is 7.56. The van der Waals surface area contributed by atoms with Crippen LogP contribution < -0.4 is 4.87 Å². The summed E-state index contributed by atoms with van der Waals surface area (Å²) in [7, 11) is 0. The summed E-state index contributed by atoms with van der Waals surface area (Å²) in [5.74, 6) is -1.38. The average Bonchev–Trinajstić information content (AvgIpc) is 3.49. The van der Waals surface area contributed by atoms with Crippen LogP contribution >= 0.6 is 23.1 Å². The second-order valence-corrected chi connectivity index (χ2v) is 11.9. The van der Waals surface area contributed by atoms with Crippen molar-refractivity contribution in [1.82, 2.24) is 9.88 Å². The van der Waals surface area contributed by atoms with Gasteiger partial charge in [-0.05, 0) is 43.1 Å². The molecule has 6 rings (SSSR count). The molecule has 9 heteroatoms. The lowest BCUT2D eigenvalue weighted by atomic mass is 9.68. The molecule has 172 valence electrons. The summed E-state index contributed by atoms with van der Waals surface area (Å²) in [4.78, 5) is 55.1. The number of nitrogens with zero attached hydrogens (tertiary/aromatic N) is 1. The largest absolute Gasteiger partial charge is 0.481 e. The van der Waals surface area contributed by atoms with Gasteiger partial charge in [0.25, 0.3) is 0 Å². The van der Waals surface area contributed by atoms with Crippen molar-refractivity contribution in [3.63, 3.8) is 0 Å². The van der Waals surface area contributed by atoms with E-state index in [-0.39, 0.29) is 76.8 Å². The van der Waals surface area contributed by atoms with Crippen LogP contribution in [-0.4, -0.2) is 44.6 Å². The number of hydrogen-bond acceptors (Lipinski definition) is 6. The summed E-state index contributed by atoms with van der Waals surface area (Å²) >= 11 is 2.95. The molecule has 0 spiro atoms. The molecule has 3 heterocycles. The van der Waals surface area contributed by atoms with Crippen LogP contribution in [0.15, 0.2) is 34.1 Å². The number of carboxylic acids is 1. The molecule has 2 aliphatic carbocycles. The first-order chi connectivity index (χ1) is 15.8. The van der Waals surface area contributed by atoms with E-state index in [2.05, 4.69) is 29.2 Å². The number of aromatic amines is 1. The van der Waals surface area contributed by atoms with Crippen LogP contribution in [0.25, 0.3) is 0 Å². The zero-order valence-corrected chi connectivity index (χ0v) is 19.7. The van der Waals surface area contributed by atoms with Gasteiger partial charge in [-0.25, -0.2) is 0 Å². The first-order valence-electron chi connectivity index (χ1n) is 11.4. The highest BCUT2D eigenvalue weighted by Gasteiger charge is 2.69. The second-order valence-electron chi connectivity index (χ2n) is 9.70. The number of aromatic nitrogens is 1. The summed E-state index contributed by atoms with van der Waals surface area (Å²) in [5.41, 5.74) is 2.33. The van der Waals surface area contributed by atoms with E-state index in [0.29, 0.717) is 0 Å². The maximum absolute atomic E-state index is 13.4. The Morgan fingerprint density at radius 2 is 1.82 bits per heavy atom. The molecule has 7 atom stereocenters. The molecule has 2 aliphatic heterocycles. The quantitative estimate of drug-likeness (QED) is 0.632. The predicted octanol–water partition coefficient (Wildman–Crippen LogP) is 3.08. The molecule has 2 bridgehead atoms. The number of rotatable bonds is 5. The van der Waals surface area contributed by atoms with E-state index >= 15 is 0 Å². The Balaban J connectivity index is 1.37. The van der Waals surface area contributed by atoms with Crippen LogP contribution in [0.3, 0.4) is 0 Å². The van der Waals surface area contributed by atoms with Crippen LogP contribution in [0.1, 0.15) is 41.2 Å². The number of aryl methyl sites for hydroxylation is 1. The number of H-pyrrole nitrogens is 1. The molecule has 1 aromatic carbocycles. The fourth-order valence-electron chi connectivity index (χ4n) is 6.83. The molecule has 4 aliphatic rings. The van der Waals surface area contributed by atoms with E-state index in [0.717, 1.165) is 21.9 Å². The minimum atomic E-state index is -0.919. The first kappa shape index (κ1) is 21.2. The Labute approximate surface area is 198 Å². The summed E-state index contributed by atoms with van der Waals surface area (Å²) in [5, 5.41) is 10.0. The van der Waals surface area contributed by atoms with Gasteiger partial charge in [-0.3, -0.25) is 24.1 Å². The van der Waals surface area contributed by atoms with E-state index < -0.39 is 5.97 Å². The number of hydrogen-bond donors (Lipinski definition) is 2. The summed E-state index contributed by atoms with van der Waals surface area (Å²) in [6.45, 7) is 2.23. The highest BCUT2D eigenvalue weighted by atomic mass is 32.2. The number of carboxylic acid groups (broad SMARTS) is 1. The van der Waals surface area contributed by atoms with E-state index in [1.54, 1.807) is 11.8 Å². The van der Waals surface area contributed by atoms with E-state index in [4.69, 9.17) is 5.11 Å². The summed E-state index contributed by atoms with van der Waals surface area (Å²) in [6.07, 6.45) is 1.09. The minimum absolute atomic E-state index is 0.0377. The van der Waals surface area contributed by atoms with Gasteiger partial charge in [-0.2, -0.15) is 0 Å². The van der Waals surface area contributed by atoms with E-state index in [1.165, 1.54) is 21.8 Å². The average molecular weight is 485 g/mol. The Morgan fingerprint density at radius 3 is 2.52 bits per heavy atom. The van der Waals surface area contributed by atoms with Gasteiger partial charge in [0.1, 0.15) is 0 Å². The molecule has 7 nitrogen and oxygen atoms in total. The number of amides is 2. The molecule has 1 aromatic heterocycles. The molecule has 33 heavy (non-hydrogen) atoms. The lowest BCUT2D eigenvalue weighted by molar-refractivity contribution is -0.142. The van der Waals surface area contributed by atoms with Crippen molar-refractivity contribution in [3.8, 4) is 0 Å². The monoisotopic (exact) mass is 484 g/mol. The van der Waals surface area contributed by atoms with Crippen molar-refractivity contribution in [2.75, 3.05) is 6.54 Å². The fourth-order valence-corrected chi connectivity index (χ4v) is 9.72. The number of carbonyl (C=O) groups excluding carboxylic acids is 2. The van der Waals surface area contributed by atoms with Crippen LogP contribution in [0, 0.1) is 36.5 Å². The van der Waals surface area contributed by atoms with Gasteiger partial charge >= 0.3 is 10.8 Å². The number of nitrogens with one attached hydrogen (secondary N) is 1. The van der Waals surface area contributed by atoms with Crippen LogP contribution in [0.2, 0.25) is 0 Å². The van der Waals surface area contributed by atoms with Crippen molar-refractivity contribution in [1.29, 1.82) is 0 Å². The third-order valence-corrected chi connectivity index (χ3v) is 10.6. The molecular formula is C24H24N2O5S2. The number of aliphatic carboxylic acids is 1. The Morgan fingerprint density at radius 1 is 1.12 bits per heavy atom. The Bertz CT molecular complexity index is 1220. The lowest BCUT2D eigenvalue weighted by Crippen LogP contribution is -2.42. The van der Waals surface area contributed by atoms with Crippen molar-refractivity contribution < 1.29 is 19.5 Å². The molecule has 2 N–H and O–H groups in total.